The Hall–Kier alpha value is -0.740. The van der Waals surface area contributed by atoms with Crippen molar-refractivity contribution < 1.29 is 4.39 Å². The van der Waals surface area contributed by atoms with Crippen LogP contribution in [0, 0.1) is 5.82 Å². The number of imidazole rings is 1. The molecule has 0 fully saturated rings. The summed E-state index contributed by atoms with van der Waals surface area (Å²) in [5.41, 5.74) is 1.72. The Morgan fingerprint density at radius 2 is 2.05 bits per heavy atom. The summed E-state index contributed by atoms with van der Waals surface area (Å²) < 4.78 is 15.9. The first kappa shape index (κ1) is 16.6. The molecule has 0 aliphatic rings. The standard InChI is InChI=1S/C16H22ClFN2S/c1-4-16(5-2,21-3)11-20-14-10-12(18)6-7-13(14)19-15(20)8-9-17/h6-7,10H,4-5,8-9,11H2,1-3H3. The molecular formula is C16H22ClFN2S. The van der Waals surface area contributed by atoms with E-state index in [1.807, 2.05) is 11.8 Å². The number of nitrogens with zero attached hydrogens (tertiary/aromatic N) is 2. The van der Waals surface area contributed by atoms with Gasteiger partial charge in [-0.25, -0.2) is 9.37 Å². The molecule has 0 saturated heterocycles. The van der Waals surface area contributed by atoms with E-state index in [2.05, 4.69) is 29.7 Å². The zero-order chi connectivity index (χ0) is 15.5. The van der Waals surface area contributed by atoms with E-state index in [0.717, 1.165) is 36.2 Å². The second-order valence-corrected chi connectivity index (χ2v) is 6.93. The van der Waals surface area contributed by atoms with E-state index >= 15 is 0 Å². The van der Waals surface area contributed by atoms with E-state index in [1.165, 1.54) is 6.07 Å². The normalized spacial score (nSPS) is 12.2. The van der Waals surface area contributed by atoms with Gasteiger partial charge < -0.3 is 4.57 Å². The Labute approximate surface area is 135 Å². The van der Waals surface area contributed by atoms with Crippen molar-refractivity contribution in [2.24, 2.45) is 0 Å². The van der Waals surface area contributed by atoms with Gasteiger partial charge in [0.25, 0.3) is 0 Å². The molecule has 0 unspecified atom stereocenters. The van der Waals surface area contributed by atoms with Gasteiger partial charge in [0.2, 0.25) is 0 Å². The summed E-state index contributed by atoms with van der Waals surface area (Å²) in [6.45, 7) is 5.26. The highest BCUT2D eigenvalue weighted by Crippen LogP contribution is 2.34. The fraction of sp³-hybridized carbons (Fsp3) is 0.562. The lowest BCUT2D eigenvalue weighted by atomic mass is 10.0. The van der Waals surface area contributed by atoms with Crippen LogP contribution in [-0.2, 0) is 13.0 Å². The van der Waals surface area contributed by atoms with Crippen LogP contribution in [0.3, 0.4) is 0 Å². The number of aromatic nitrogens is 2. The van der Waals surface area contributed by atoms with Gasteiger partial charge in [-0.1, -0.05) is 13.8 Å². The third-order valence-electron chi connectivity index (χ3n) is 4.28. The number of hydrogen-bond donors (Lipinski definition) is 0. The maximum atomic E-state index is 13.6. The average molecular weight is 329 g/mol. The van der Waals surface area contributed by atoms with E-state index < -0.39 is 0 Å². The van der Waals surface area contributed by atoms with Crippen LogP contribution >= 0.6 is 23.4 Å². The summed E-state index contributed by atoms with van der Waals surface area (Å²) in [7, 11) is 0. The minimum Gasteiger partial charge on any atom is -0.326 e. The fourth-order valence-corrected chi connectivity index (χ4v) is 3.72. The van der Waals surface area contributed by atoms with Gasteiger partial charge in [-0.3, -0.25) is 0 Å². The van der Waals surface area contributed by atoms with Gasteiger partial charge in [0, 0.05) is 23.6 Å². The number of thioether (sulfide) groups is 1. The number of halogens is 2. The molecule has 1 aromatic heterocycles. The Morgan fingerprint density at radius 1 is 1.33 bits per heavy atom. The smallest absolute Gasteiger partial charge is 0.125 e. The van der Waals surface area contributed by atoms with Gasteiger partial charge in [-0.05, 0) is 37.3 Å². The van der Waals surface area contributed by atoms with E-state index in [4.69, 9.17) is 11.6 Å². The maximum Gasteiger partial charge on any atom is 0.125 e. The van der Waals surface area contributed by atoms with Gasteiger partial charge in [-0.15, -0.1) is 11.6 Å². The van der Waals surface area contributed by atoms with Crippen LogP contribution in [0.1, 0.15) is 32.5 Å². The van der Waals surface area contributed by atoms with Crippen molar-refractivity contribution in [2.75, 3.05) is 12.1 Å². The Bertz CT molecular complexity index is 599. The molecule has 0 aliphatic carbocycles. The monoisotopic (exact) mass is 328 g/mol. The van der Waals surface area contributed by atoms with Crippen LogP contribution in [0.25, 0.3) is 11.0 Å². The van der Waals surface area contributed by atoms with Crippen LogP contribution in [-0.4, -0.2) is 26.4 Å². The van der Waals surface area contributed by atoms with Gasteiger partial charge in [-0.2, -0.15) is 11.8 Å². The van der Waals surface area contributed by atoms with Gasteiger partial charge in [0.15, 0.2) is 0 Å². The fourth-order valence-electron chi connectivity index (χ4n) is 2.71. The van der Waals surface area contributed by atoms with Gasteiger partial charge >= 0.3 is 0 Å². The van der Waals surface area contributed by atoms with E-state index in [-0.39, 0.29) is 10.6 Å². The summed E-state index contributed by atoms with van der Waals surface area (Å²) in [4.78, 5) is 4.63. The minimum atomic E-state index is -0.219. The van der Waals surface area contributed by atoms with Crippen LogP contribution < -0.4 is 0 Å². The minimum absolute atomic E-state index is 0.154. The summed E-state index contributed by atoms with van der Waals surface area (Å²) in [6.07, 6.45) is 4.99. The lowest BCUT2D eigenvalue weighted by molar-refractivity contribution is 0.464. The molecule has 116 valence electrons. The van der Waals surface area contributed by atoms with Crippen molar-refractivity contribution in [2.45, 2.75) is 44.4 Å². The van der Waals surface area contributed by atoms with E-state index in [9.17, 15) is 4.39 Å². The molecule has 5 heteroatoms. The van der Waals surface area contributed by atoms with Crippen molar-refractivity contribution in [1.29, 1.82) is 0 Å². The highest BCUT2D eigenvalue weighted by atomic mass is 35.5. The molecule has 0 saturated carbocycles. The Morgan fingerprint density at radius 3 is 2.62 bits per heavy atom. The number of fused-ring (bicyclic) bond motifs is 1. The molecule has 0 aliphatic heterocycles. The molecule has 0 radical (unpaired) electrons. The molecule has 1 aromatic carbocycles. The zero-order valence-corrected chi connectivity index (χ0v) is 14.4. The number of alkyl halides is 1. The van der Waals surface area contributed by atoms with Crippen LogP contribution in [0.4, 0.5) is 4.39 Å². The molecule has 0 amide bonds. The third-order valence-corrected chi connectivity index (χ3v) is 6.04. The molecular weight excluding hydrogens is 307 g/mol. The number of rotatable bonds is 7. The van der Waals surface area contributed by atoms with Crippen LogP contribution in [0.2, 0.25) is 0 Å². The molecule has 2 aromatic rings. The highest BCUT2D eigenvalue weighted by molar-refractivity contribution is 8.00. The van der Waals surface area contributed by atoms with Gasteiger partial charge in [0.05, 0.1) is 11.0 Å². The average Bonchev–Trinajstić information content (AvgIpc) is 2.82. The molecule has 0 spiro atoms. The summed E-state index contributed by atoms with van der Waals surface area (Å²) in [6, 6.07) is 4.79. The number of benzene rings is 1. The van der Waals surface area contributed by atoms with Crippen molar-refractivity contribution in [3.05, 3.63) is 29.8 Å². The predicted molar refractivity (Wildman–Crippen MR) is 90.9 cm³/mol. The maximum absolute atomic E-state index is 13.6. The van der Waals surface area contributed by atoms with Crippen molar-refractivity contribution in [1.82, 2.24) is 9.55 Å². The zero-order valence-electron chi connectivity index (χ0n) is 12.8. The number of aryl methyl sites for hydroxylation is 1. The Balaban J connectivity index is 2.53. The molecule has 0 bridgehead atoms. The third kappa shape index (κ3) is 3.37. The SMILES string of the molecule is CCC(CC)(Cn1c(CCCl)nc2ccc(F)cc21)SC. The quantitative estimate of drug-likeness (QED) is 0.674. The van der Waals surface area contributed by atoms with E-state index in [1.54, 1.807) is 12.1 Å². The molecule has 0 N–H and O–H groups in total. The molecule has 2 rings (SSSR count). The lowest BCUT2D eigenvalue weighted by Gasteiger charge is -2.31. The van der Waals surface area contributed by atoms with Crippen LogP contribution in [0.5, 0.6) is 0 Å². The number of hydrogen-bond acceptors (Lipinski definition) is 2. The first-order valence-corrected chi connectivity index (χ1v) is 9.10. The molecule has 1 heterocycles. The Kier molecular flexibility index (Phi) is 5.55. The van der Waals surface area contributed by atoms with Crippen molar-refractivity contribution in [3.8, 4) is 0 Å². The molecule has 2 nitrogen and oxygen atoms in total. The highest BCUT2D eigenvalue weighted by Gasteiger charge is 2.27. The lowest BCUT2D eigenvalue weighted by Crippen LogP contribution is -2.29. The first-order valence-electron chi connectivity index (χ1n) is 7.35. The second-order valence-electron chi connectivity index (χ2n) is 5.28. The van der Waals surface area contributed by atoms with Crippen molar-refractivity contribution >= 4 is 34.4 Å². The molecule has 21 heavy (non-hydrogen) atoms. The predicted octanol–water partition coefficient (Wildman–Crippen LogP) is 4.88. The van der Waals surface area contributed by atoms with Gasteiger partial charge in [0.1, 0.15) is 11.6 Å². The van der Waals surface area contributed by atoms with Crippen molar-refractivity contribution in [3.63, 3.8) is 0 Å². The molecule has 0 atom stereocenters. The first-order chi connectivity index (χ1) is 10.1. The second kappa shape index (κ2) is 7.01. The summed E-state index contributed by atoms with van der Waals surface area (Å²) >= 11 is 7.79. The largest absolute Gasteiger partial charge is 0.326 e. The summed E-state index contributed by atoms with van der Waals surface area (Å²) in [5, 5.41) is 0. The topological polar surface area (TPSA) is 17.8 Å². The van der Waals surface area contributed by atoms with E-state index in [0.29, 0.717) is 12.3 Å². The summed E-state index contributed by atoms with van der Waals surface area (Å²) in [5.74, 6) is 1.26. The van der Waals surface area contributed by atoms with Crippen LogP contribution in [0.15, 0.2) is 18.2 Å².